The van der Waals surface area contributed by atoms with Crippen molar-refractivity contribution in [3.8, 4) is 6.07 Å². The molecule has 0 aliphatic carbocycles. The van der Waals surface area contributed by atoms with E-state index < -0.39 is 0 Å². The molecule has 1 aliphatic heterocycles. The van der Waals surface area contributed by atoms with Crippen LogP contribution in [0.5, 0.6) is 0 Å². The van der Waals surface area contributed by atoms with E-state index in [2.05, 4.69) is 38.0 Å². The highest BCUT2D eigenvalue weighted by Gasteiger charge is 2.23. The van der Waals surface area contributed by atoms with Gasteiger partial charge in [-0.1, -0.05) is 6.07 Å². The second-order valence-corrected chi connectivity index (χ2v) is 7.65. The van der Waals surface area contributed by atoms with Crippen LogP contribution in [-0.2, 0) is 11.3 Å². The van der Waals surface area contributed by atoms with Crippen LogP contribution in [0.25, 0.3) is 0 Å². The highest BCUT2D eigenvalue weighted by atomic mass is 32.1. The molecule has 2 heterocycles. The summed E-state index contributed by atoms with van der Waals surface area (Å²) >= 11 is 1.74. The Bertz CT molecular complexity index is 843. The van der Waals surface area contributed by atoms with E-state index in [0.29, 0.717) is 30.2 Å². The molecule has 0 spiro atoms. The lowest BCUT2D eigenvalue weighted by molar-refractivity contribution is 0.0177. The zero-order valence-corrected chi connectivity index (χ0v) is 17.3. The summed E-state index contributed by atoms with van der Waals surface area (Å²) in [5, 5.41) is 17.7. The summed E-state index contributed by atoms with van der Waals surface area (Å²) in [5.74, 6) is 0.275. The maximum absolute atomic E-state index is 14.0. The van der Waals surface area contributed by atoms with Gasteiger partial charge >= 0.3 is 0 Å². The topological polar surface area (TPSA) is 72.7 Å². The van der Waals surface area contributed by atoms with Crippen molar-refractivity contribution in [1.29, 1.82) is 5.26 Å². The Morgan fingerprint density at radius 3 is 2.86 bits per heavy atom. The van der Waals surface area contributed by atoms with Gasteiger partial charge in [0, 0.05) is 36.6 Å². The molecule has 154 valence electrons. The molecule has 1 saturated heterocycles. The number of nitrogens with one attached hydrogen (secondary N) is 2. The molecular formula is C21H26FN5OS. The first-order valence-corrected chi connectivity index (χ1v) is 10.6. The lowest BCUT2D eigenvalue weighted by Crippen LogP contribution is -2.46. The summed E-state index contributed by atoms with van der Waals surface area (Å²) in [7, 11) is 0. The minimum absolute atomic E-state index is 0.165. The van der Waals surface area contributed by atoms with Gasteiger partial charge in [0.25, 0.3) is 0 Å². The standard InChI is InChI=1S/C21H26FN5OS/c1-2-24-21(25-14-17-12-16(13-23)5-6-18(17)22)26-15-19(20-4-3-11-29-20)27-7-9-28-10-8-27/h3-6,11-12,19H,2,7-10,14-15H2,1H3,(H2,24,25,26). The summed E-state index contributed by atoms with van der Waals surface area (Å²) in [4.78, 5) is 8.24. The Kier molecular flexibility index (Phi) is 7.99. The van der Waals surface area contributed by atoms with Gasteiger partial charge in [0.1, 0.15) is 5.82 Å². The van der Waals surface area contributed by atoms with Gasteiger partial charge in [-0.05, 0) is 36.6 Å². The molecule has 1 unspecified atom stereocenters. The van der Waals surface area contributed by atoms with Crippen molar-refractivity contribution < 1.29 is 9.13 Å². The fourth-order valence-corrected chi connectivity index (χ4v) is 4.11. The van der Waals surface area contributed by atoms with Crippen molar-refractivity contribution in [2.45, 2.75) is 19.5 Å². The molecule has 2 aromatic rings. The molecule has 0 amide bonds. The Morgan fingerprint density at radius 2 is 2.17 bits per heavy atom. The van der Waals surface area contributed by atoms with E-state index in [1.54, 1.807) is 17.4 Å². The monoisotopic (exact) mass is 415 g/mol. The first-order chi connectivity index (χ1) is 14.2. The van der Waals surface area contributed by atoms with Crippen molar-refractivity contribution in [3.05, 3.63) is 57.5 Å². The molecule has 6 nitrogen and oxygen atoms in total. The van der Waals surface area contributed by atoms with E-state index in [1.165, 1.54) is 17.0 Å². The van der Waals surface area contributed by atoms with Crippen LogP contribution in [0, 0.1) is 17.1 Å². The van der Waals surface area contributed by atoms with E-state index >= 15 is 0 Å². The Labute approximate surface area is 175 Å². The van der Waals surface area contributed by atoms with Crippen LogP contribution in [0.3, 0.4) is 0 Å². The van der Waals surface area contributed by atoms with Gasteiger partial charge in [-0.25, -0.2) is 9.38 Å². The van der Waals surface area contributed by atoms with Crippen LogP contribution in [-0.4, -0.2) is 50.3 Å². The summed E-state index contributed by atoms with van der Waals surface area (Å²) in [6, 6.07) is 10.8. The predicted octanol–water partition coefficient (Wildman–Crippen LogP) is 2.89. The summed E-state index contributed by atoms with van der Waals surface area (Å²) < 4.78 is 19.5. The van der Waals surface area contributed by atoms with Gasteiger partial charge in [0.05, 0.1) is 37.4 Å². The molecule has 8 heteroatoms. The van der Waals surface area contributed by atoms with Crippen molar-refractivity contribution in [3.63, 3.8) is 0 Å². The number of morpholine rings is 1. The molecule has 2 N–H and O–H groups in total. The van der Waals surface area contributed by atoms with Crippen molar-refractivity contribution >= 4 is 17.3 Å². The van der Waals surface area contributed by atoms with Crippen LogP contribution in [0.4, 0.5) is 4.39 Å². The van der Waals surface area contributed by atoms with Gasteiger partial charge in [-0.15, -0.1) is 11.3 Å². The minimum atomic E-state index is -0.353. The van der Waals surface area contributed by atoms with Gasteiger partial charge in [-0.3, -0.25) is 4.90 Å². The Balaban J connectivity index is 1.70. The molecule has 1 atom stereocenters. The number of ether oxygens (including phenoxy) is 1. The first-order valence-electron chi connectivity index (χ1n) is 9.77. The predicted molar refractivity (Wildman–Crippen MR) is 113 cm³/mol. The number of halogens is 1. The van der Waals surface area contributed by atoms with Gasteiger partial charge in [0.15, 0.2) is 5.96 Å². The molecule has 1 aliphatic rings. The zero-order valence-electron chi connectivity index (χ0n) is 16.5. The molecule has 1 aromatic carbocycles. The highest BCUT2D eigenvalue weighted by Crippen LogP contribution is 2.25. The van der Waals surface area contributed by atoms with E-state index in [1.807, 2.05) is 13.0 Å². The number of guanidine groups is 1. The molecule has 1 aromatic heterocycles. The maximum atomic E-state index is 14.0. The van der Waals surface area contributed by atoms with E-state index in [-0.39, 0.29) is 18.4 Å². The highest BCUT2D eigenvalue weighted by molar-refractivity contribution is 7.10. The number of hydrogen-bond donors (Lipinski definition) is 2. The summed E-state index contributed by atoms with van der Waals surface area (Å²) in [5.41, 5.74) is 0.837. The number of hydrogen-bond acceptors (Lipinski definition) is 5. The minimum Gasteiger partial charge on any atom is -0.379 e. The third kappa shape index (κ3) is 6.00. The maximum Gasteiger partial charge on any atom is 0.191 e. The third-order valence-corrected chi connectivity index (χ3v) is 5.72. The molecule has 0 radical (unpaired) electrons. The number of aliphatic imine (C=N–C) groups is 1. The zero-order chi connectivity index (χ0) is 20.5. The van der Waals surface area contributed by atoms with E-state index in [4.69, 9.17) is 10.00 Å². The molecule has 0 bridgehead atoms. The quantitative estimate of drug-likeness (QED) is 0.537. The summed E-state index contributed by atoms with van der Waals surface area (Å²) in [6.07, 6.45) is 0. The molecule has 29 heavy (non-hydrogen) atoms. The van der Waals surface area contributed by atoms with Crippen molar-refractivity contribution in [2.24, 2.45) is 4.99 Å². The normalized spacial score (nSPS) is 16.2. The fraction of sp³-hybridized carbons (Fsp3) is 0.429. The SMILES string of the molecule is CCNC(=NCc1cc(C#N)ccc1F)NCC(c1cccs1)N1CCOCC1. The molecule has 1 fully saturated rings. The molecule has 3 rings (SSSR count). The van der Waals surface area contributed by atoms with Crippen molar-refractivity contribution in [2.75, 3.05) is 39.4 Å². The van der Waals surface area contributed by atoms with Crippen LogP contribution in [0.2, 0.25) is 0 Å². The van der Waals surface area contributed by atoms with Gasteiger partial charge in [-0.2, -0.15) is 5.26 Å². The lowest BCUT2D eigenvalue weighted by Gasteiger charge is -2.34. The van der Waals surface area contributed by atoms with Crippen LogP contribution >= 0.6 is 11.3 Å². The average molecular weight is 416 g/mol. The van der Waals surface area contributed by atoms with Gasteiger partial charge in [0.2, 0.25) is 0 Å². The smallest absolute Gasteiger partial charge is 0.191 e. The molecular weight excluding hydrogens is 389 g/mol. The summed E-state index contributed by atoms with van der Waals surface area (Å²) in [6.45, 7) is 6.81. The average Bonchev–Trinajstić information content (AvgIpc) is 3.28. The Hall–Kier alpha value is -2.47. The van der Waals surface area contributed by atoms with Crippen molar-refractivity contribution in [1.82, 2.24) is 15.5 Å². The third-order valence-electron chi connectivity index (χ3n) is 4.75. The van der Waals surface area contributed by atoms with Crippen LogP contribution in [0.1, 0.15) is 29.0 Å². The number of thiophene rings is 1. The van der Waals surface area contributed by atoms with Gasteiger partial charge < -0.3 is 15.4 Å². The molecule has 0 saturated carbocycles. The second-order valence-electron chi connectivity index (χ2n) is 6.67. The number of rotatable bonds is 7. The Morgan fingerprint density at radius 1 is 1.34 bits per heavy atom. The van der Waals surface area contributed by atoms with E-state index in [0.717, 1.165) is 26.3 Å². The number of benzene rings is 1. The number of nitrogens with zero attached hydrogens (tertiary/aromatic N) is 3. The fourth-order valence-electron chi connectivity index (χ4n) is 3.24. The van der Waals surface area contributed by atoms with E-state index in [9.17, 15) is 4.39 Å². The first kappa shape index (κ1) is 21.2. The largest absolute Gasteiger partial charge is 0.379 e. The van der Waals surface area contributed by atoms with Crippen LogP contribution < -0.4 is 10.6 Å². The second kappa shape index (κ2) is 10.9. The lowest BCUT2D eigenvalue weighted by atomic mass is 10.1. The number of nitriles is 1. The van der Waals surface area contributed by atoms with Crippen LogP contribution in [0.15, 0.2) is 40.7 Å².